The lowest BCUT2D eigenvalue weighted by Crippen LogP contribution is -2.14. The second kappa shape index (κ2) is 7.84. The van der Waals surface area contributed by atoms with Crippen molar-refractivity contribution in [3.63, 3.8) is 0 Å². The molecule has 1 unspecified atom stereocenters. The molecule has 0 radical (unpaired) electrons. The molecule has 0 aliphatic rings. The average Bonchev–Trinajstić information content (AvgIpc) is 2.63. The lowest BCUT2D eigenvalue weighted by atomic mass is 10.0. The number of hydrogen-bond donors (Lipinski definition) is 1. The molecule has 0 aliphatic carbocycles. The van der Waals surface area contributed by atoms with Crippen LogP contribution in [0.15, 0.2) is 66.7 Å². The number of benzene rings is 3. The van der Waals surface area contributed by atoms with Gasteiger partial charge in [0.25, 0.3) is 0 Å². The van der Waals surface area contributed by atoms with Crippen LogP contribution in [0.2, 0.25) is 0 Å². The molecule has 0 aromatic heterocycles. The van der Waals surface area contributed by atoms with Crippen molar-refractivity contribution in [2.24, 2.45) is 0 Å². The Labute approximate surface area is 148 Å². The van der Waals surface area contributed by atoms with E-state index in [0.29, 0.717) is 6.42 Å². The van der Waals surface area contributed by atoms with Gasteiger partial charge in [-0.25, -0.2) is 0 Å². The third-order valence-electron chi connectivity index (χ3n) is 4.28. The monoisotopic (exact) mass is 333 g/mol. The highest BCUT2D eigenvalue weighted by Gasteiger charge is 2.08. The number of ether oxygens (including phenoxy) is 1. The predicted octanol–water partition coefficient (Wildman–Crippen LogP) is 5.20. The van der Waals surface area contributed by atoms with Gasteiger partial charge in [-0.15, -0.1) is 0 Å². The van der Waals surface area contributed by atoms with E-state index in [1.54, 1.807) is 0 Å². The fourth-order valence-corrected chi connectivity index (χ4v) is 2.76. The Kier molecular flexibility index (Phi) is 5.34. The average molecular weight is 333 g/mol. The molecule has 1 N–H and O–H groups in total. The number of fused-ring (bicyclic) bond motifs is 1. The van der Waals surface area contributed by atoms with Gasteiger partial charge in [0.05, 0.1) is 12.5 Å². The van der Waals surface area contributed by atoms with E-state index in [1.165, 1.54) is 0 Å². The van der Waals surface area contributed by atoms with Crippen LogP contribution in [-0.2, 0) is 11.2 Å². The molecule has 3 heteroatoms. The minimum absolute atomic E-state index is 0.0213. The van der Waals surface area contributed by atoms with Gasteiger partial charge >= 0.3 is 0 Å². The Bertz CT molecular complexity index is 850. The first-order valence-corrected chi connectivity index (χ1v) is 8.69. The molecule has 0 bridgehead atoms. The molecule has 0 saturated carbocycles. The summed E-state index contributed by atoms with van der Waals surface area (Å²) in [6, 6.07) is 21.7. The number of nitrogens with one attached hydrogen (secondary N) is 1. The number of carbonyl (C=O) groups excluding carboxylic acids is 1. The third-order valence-corrected chi connectivity index (χ3v) is 4.28. The van der Waals surface area contributed by atoms with Gasteiger partial charge < -0.3 is 10.1 Å². The fraction of sp³-hybridized carbons (Fsp3) is 0.227. The topological polar surface area (TPSA) is 38.3 Å². The molecular weight excluding hydrogens is 310 g/mol. The van der Waals surface area contributed by atoms with Crippen LogP contribution in [0.5, 0.6) is 5.75 Å². The largest absolute Gasteiger partial charge is 0.491 e. The van der Waals surface area contributed by atoms with E-state index in [1.807, 2.05) is 55.5 Å². The maximum absolute atomic E-state index is 12.4. The molecular formula is C22H23NO2. The van der Waals surface area contributed by atoms with Crippen LogP contribution >= 0.6 is 0 Å². The first-order valence-electron chi connectivity index (χ1n) is 8.69. The molecule has 1 amide bonds. The van der Waals surface area contributed by atoms with Crippen LogP contribution < -0.4 is 10.1 Å². The molecule has 0 saturated heterocycles. The summed E-state index contributed by atoms with van der Waals surface area (Å²) in [6.45, 7) is 4.13. The van der Waals surface area contributed by atoms with Crippen molar-refractivity contribution in [2.75, 3.05) is 5.32 Å². The summed E-state index contributed by atoms with van der Waals surface area (Å²) in [7, 11) is 0. The number of amides is 1. The number of rotatable bonds is 6. The van der Waals surface area contributed by atoms with Crippen molar-refractivity contribution in [3.8, 4) is 5.75 Å². The Hall–Kier alpha value is -2.81. The molecule has 0 heterocycles. The molecule has 3 aromatic carbocycles. The standard InChI is InChI=1S/C22H23NO2/c1-3-16(2)25-20-13-11-19(12-14-20)23-22(24)15-18-9-6-8-17-7-4-5-10-21(17)18/h4-14,16H,3,15H2,1-2H3,(H,23,24). The summed E-state index contributed by atoms with van der Waals surface area (Å²) in [5.41, 5.74) is 1.81. The number of anilines is 1. The van der Waals surface area contributed by atoms with E-state index in [-0.39, 0.29) is 12.0 Å². The first-order chi connectivity index (χ1) is 12.2. The summed E-state index contributed by atoms with van der Waals surface area (Å²) < 4.78 is 5.75. The van der Waals surface area contributed by atoms with Gasteiger partial charge in [0.2, 0.25) is 5.91 Å². The zero-order chi connectivity index (χ0) is 17.6. The van der Waals surface area contributed by atoms with Crippen LogP contribution in [0.25, 0.3) is 10.8 Å². The molecule has 1 atom stereocenters. The molecule has 25 heavy (non-hydrogen) atoms. The predicted molar refractivity (Wildman–Crippen MR) is 103 cm³/mol. The molecule has 128 valence electrons. The number of hydrogen-bond acceptors (Lipinski definition) is 2. The normalized spacial score (nSPS) is 11.9. The van der Waals surface area contributed by atoms with Crippen molar-refractivity contribution < 1.29 is 9.53 Å². The molecule has 0 aliphatic heterocycles. The first kappa shape index (κ1) is 17.0. The van der Waals surface area contributed by atoms with Crippen molar-refractivity contribution in [1.29, 1.82) is 0 Å². The van der Waals surface area contributed by atoms with Crippen molar-refractivity contribution in [1.82, 2.24) is 0 Å². The highest BCUT2D eigenvalue weighted by molar-refractivity contribution is 5.96. The second-order valence-corrected chi connectivity index (χ2v) is 6.22. The van der Waals surface area contributed by atoms with Gasteiger partial charge in [0.1, 0.15) is 5.75 Å². The van der Waals surface area contributed by atoms with Gasteiger partial charge in [-0.1, -0.05) is 49.4 Å². The third kappa shape index (κ3) is 4.38. The van der Waals surface area contributed by atoms with Gasteiger partial charge in [-0.3, -0.25) is 4.79 Å². The van der Waals surface area contributed by atoms with Crippen LogP contribution in [-0.4, -0.2) is 12.0 Å². The van der Waals surface area contributed by atoms with E-state index >= 15 is 0 Å². The van der Waals surface area contributed by atoms with Crippen LogP contribution in [0.4, 0.5) is 5.69 Å². The van der Waals surface area contributed by atoms with Crippen molar-refractivity contribution in [2.45, 2.75) is 32.8 Å². The lowest BCUT2D eigenvalue weighted by Gasteiger charge is -2.13. The molecule has 3 rings (SSSR count). The van der Waals surface area contributed by atoms with Crippen LogP contribution in [0.1, 0.15) is 25.8 Å². The Morgan fingerprint density at radius 3 is 2.48 bits per heavy atom. The summed E-state index contributed by atoms with van der Waals surface area (Å²) in [5, 5.41) is 5.23. The van der Waals surface area contributed by atoms with Crippen LogP contribution in [0, 0.1) is 0 Å². The highest BCUT2D eigenvalue weighted by Crippen LogP contribution is 2.20. The number of carbonyl (C=O) groups is 1. The zero-order valence-corrected chi connectivity index (χ0v) is 14.7. The minimum Gasteiger partial charge on any atom is -0.491 e. The van der Waals surface area contributed by atoms with Gasteiger partial charge in [0.15, 0.2) is 0 Å². The van der Waals surface area contributed by atoms with E-state index in [4.69, 9.17) is 4.74 Å². The lowest BCUT2D eigenvalue weighted by molar-refractivity contribution is -0.115. The zero-order valence-electron chi connectivity index (χ0n) is 14.7. The SMILES string of the molecule is CCC(C)Oc1ccc(NC(=O)Cc2cccc3ccccc23)cc1. The summed E-state index contributed by atoms with van der Waals surface area (Å²) >= 11 is 0. The maximum atomic E-state index is 12.4. The van der Waals surface area contributed by atoms with Gasteiger partial charge in [0, 0.05) is 5.69 Å². The summed E-state index contributed by atoms with van der Waals surface area (Å²) in [4.78, 5) is 12.4. The summed E-state index contributed by atoms with van der Waals surface area (Å²) in [6.07, 6.45) is 1.50. The van der Waals surface area contributed by atoms with E-state index in [9.17, 15) is 4.79 Å². The van der Waals surface area contributed by atoms with Crippen molar-refractivity contribution >= 4 is 22.4 Å². The quantitative estimate of drug-likeness (QED) is 0.673. The van der Waals surface area contributed by atoms with E-state index in [0.717, 1.165) is 34.2 Å². The van der Waals surface area contributed by atoms with Crippen LogP contribution in [0.3, 0.4) is 0 Å². The molecule has 3 aromatic rings. The van der Waals surface area contributed by atoms with Gasteiger partial charge in [-0.2, -0.15) is 0 Å². The summed E-state index contributed by atoms with van der Waals surface area (Å²) in [5.74, 6) is 0.799. The minimum atomic E-state index is -0.0213. The van der Waals surface area contributed by atoms with E-state index in [2.05, 4.69) is 30.4 Å². The molecule has 0 spiro atoms. The smallest absolute Gasteiger partial charge is 0.228 e. The van der Waals surface area contributed by atoms with Gasteiger partial charge in [-0.05, 0) is 53.9 Å². The molecule has 0 fully saturated rings. The Morgan fingerprint density at radius 1 is 1.00 bits per heavy atom. The Morgan fingerprint density at radius 2 is 1.72 bits per heavy atom. The molecule has 3 nitrogen and oxygen atoms in total. The maximum Gasteiger partial charge on any atom is 0.228 e. The second-order valence-electron chi connectivity index (χ2n) is 6.22. The van der Waals surface area contributed by atoms with E-state index < -0.39 is 0 Å². The fourth-order valence-electron chi connectivity index (χ4n) is 2.76. The van der Waals surface area contributed by atoms with Crippen molar-refractivity contribution in [3.05, 3.63) is 72.3 Å². The Balaban J connectivity index is 1.66. The highest BCUT2D eigenvalue weighted by atomic mass is 16.5.